The third-order valence-corrected chi connectivity index (χ3v) is 4.11. The highest BCUT2D eigenvalue weighted by molar-refractivity contribution is 5.83. The Kier molecular flexibility index (Phi) is 2.69. The number of hydrogen-bond donors (Lipinski definition) is 2. The Bertz CT molecular complexity index is 356. The van der Waals surface area contributed by atoms with Gasteiger partial charge >= 0.3 is 5.97 Å². The SMILES string of the molecule is CC1(C)CC1C(=O)N1CCC(O)(C(=O)O)CC1. The molecule has 0 aromatic heterocycles. The van der Waals surface area contributed by atoms with E-state index in [0.717, 1.165) is 6.42 Å². The van der Waals surface area contributed by atoms with Crippen LogP contribution < -0.4 is 0 Å². The van der Waals surface area contributed by atoms with Crippen LogP contribution in [0.5, 0.6) is 0 Å². The van der Waals surface area contributed by atoms with Crippen molar-refractivity contribution in [3.8, 4) is 0 Å². The lowest BCUT2D eigenvalue weighted by Crippen LogP contribution is -2.51. The Labute approximate surface area is 100 Å². The average molecular weight is 241 g/mol. The first-order valence-corrected chi connectivity index (χ1v) is 6.01. The van der Waals surface area contributed by atoms with Gasteiger partial charge in [0.1, 0.15) is 0 Å². The molecule has 1 amide bonds. The molecule has 2 rings (SSSR count). The lowest BCUT2D eigenvalue weighted by Gasteiger charge is -2.35. The van der Waals surface area contributed by atoms with E-state index in [1.165, 1.54) is 0 Å². The standard InChI is InChI=1S/C12H19NO4/c1-11(2)7-8(11)9(14)13-5-3-12(17,4-6-13)10(15)16/h8,17H,3-7H2,1-2H3,(H,15,16). The highest BCUT2D eigenvalue weighted by Gasteiger charge is 2.53. The topological polar surface area (TPSA) is 77.8 Å². The van der Waals surface area contributed by atoms with Gasteiger partial charge in [0, 0.05) is 31.8 Å². The summed E-state index contributed by atoms with van der Waals surface area (Å²) in [6.07, 6.45) is 1.16. The predicted molar refractivity (Wildman–Crippen MR) is 60.3 cm³/mol. The van der Waals surface area contributed by atoms with Crippen LogP contribution in [0.4, 0.5) is 0 Å². The number of carboxylic acids is 1. The zero-order valence-corrected chi connectivity index (χ0v) is 10.3. The second-order valence-electron chi connectivity index (χ2n) is 5.91. The van der Waals surface area contributed by atoms with E-state index in [9.17, 15) is 14.7 Å². The molecule has 1 aliphatic heterocycles. The zero-order chi connectivity index (χ0) is 12.8. The lowest BCUT2D eigenvalue weighted by atomic mass is 9.91. The van der Waals surface area contributed by atoms with Gasteiger partial charge in [0.2, 0.25) is 5.91 Å². The molecule has 0 radical (unpaired) electrons. The normalized spacial score (nSPS) is 29.8. The molecule has 1 saturated heterocycles. The van der Waals surface area contributed by atoms with Crippen LogP contribution in [-0.2, 0) is 9.59 Å². The largest absolute Gasteiger partial charge is 0.479 e. The summed E-state index contributed by atoms with van der Waals surface area (Å²) in [7, 11) is 0. The molecule has 0 bridgehead atoms. The molecular formula is C12H19NO4. The number of carboxylic acid groups (broad SMARTS) is 1. The summed E-state index contributed by atoms with van der Waals surface area (Å²) < 4.78 is 0. The van der Waals surface area contributed by atoms with Crippen molar-refractivity contribution in [2.75, 3.05) is 13.1 Å². The van der Waals surface area contributed by atoms with Gasteiger partial charge in [-0.1, -0.05) is 13.8 Å². The van der Waals surface area contributed by atoms with Crippen molar-refractivity contribution in [1.29, 1.82) is 0 Å². The van der Waals surface area contributed by atoms with E-state index in [4.69, 9.17) is 5.11 Å². The number of aliphatic hydroxyl groups is 1. The summed E-state index contributed by atoms with van der Waals surface area (Å²) in [5.41, 5.74) is -1.55. The summed E-state index contributed by atoms with van der Waals surface area (Å²) in [5, 5.41) is 18.6. The Morgan fingerprint density at radius 3 is 2.06 bits per heavy atom. The first-order chi connectivity index (χ1) is 7.76. The monoisotopic (exact) mass is 241 g/mol. The molecule has 5 heteroatoms. The van der Waals surface area contributed by atoms with Crippen LogP contribution in [-0.4, -0.2) is 45.7 Å². The van der Waals surface area contributed by atoms with Crippen LogP contribution >= 0.6 is 0 Å². The fourth-order valence-electron chi connectivity index (χ4n) is 2.42. The van der Waals surface area contributed by atoms with Crippen LogP contribution in [0, 0.1) is 11.3 Å². The number of amides is 1. The summed E-state index contributed by atoms with van der Waals surface area (Å²) >= 11 is 0. The van der Waals surface area contributed by atoms with Crippen molar-refractivity contribution in [1.82, 2.24) is 4.90 Å². The fraction of sp³-hybridized carbons (Fsp3) is 0.833. The average Bonchev–Trinajstić information content (AvgIpc) is 2.88. The van der Waals surface area contributed by atoms with E-state index in [1.54, 1.807) is 4.90 Å². The number of carbonyl (C=O) groups excluding carboxylic acids is 1. The van der Waals surface area contributed by atoms with Gasteiger partial charge in [-0.25, -0.2) is 4.79 Å². The minimum atomic E-state index is -1.64. The first-order valence-electron chi connectivity index (χ1n) is 6.01. The molecule has 0 spiro atoms. The van der Waals surface area contributed by atoms with Gasteiger partial charge in [-0.15, -0.1) is 0 Å². The third-order valence-electron chi connectivity index (χ3n) is 4.11. The molecule has 17 heavy (non-hydrogen) atoms. The maximum absolute atomic E-state index is 12.1. The van der Waals surface area contributed by atoms with Crippen molar-refractivity contribution in [2.45, 2.75) is 38.7 Å². The molecule has 96 valence electrons. The Morgan fingerprint density at radius 1 is 1.24 bits per heavy atom. The van der Waals surface area contributed by atoms with Gasteiger partial charge in [0.05, 0.1) is 0 Å². The molecule has 0 aromatic rings. The minimum Gasteiger partial charge on any atom is -0.479 e. The zero-order valence-electron chi connectivity index (χ0n) is 10.3. The van der Waals surface area contributed by atoms with Crippen molar-refractivity contribution in [3.05, 3.63) is 0 Å². The molecule has 5 nitrogen and oxygen atoms in total. The van der Waals surface area contributed by atoms with Gasteiger partial charge in [0.15, 0.2) is 5.60 Å². The van der Waals surface area contributed by atoms with E-state index in [0.29, 0.717) is 13.1 Å². The molecule has 2 aliphatic rings. The number of hydrogen-bond acceptors (Lipinski definition) is 3. The maximum Gasteiger partial charge on any atom is 0.335 e. The molecule has 1 heterocycles. The van der Waals surface area contributed by atoms with E-state index in [-0.39, 0.29) is 30.1 Å². The molecular weight excluding hydrogens is 222 g/mol. The van der Waals surface area contributed by atoms with Gasteiger partial charge in [-0.2, -0.15) is 0 Å². The summed E-state index contributed by atoms with van der Waals surface area (Å²) in [6, 6.07) is 0. The smallest absolute Gasteiger partial charge is 0.335 e. The highest BCUT2D eigenvalue weighted by atomic mass is 16.4. The van der Waals surface area contributed by atoms with E-state index >= 15 is 0 Å². The van der Waals surface area contributed by atoms with Gasteiger partial charge in [-0.3, -0.25) is 4.79 Å². The summed E-state index contributed by atoms with van der Waals surface area (Å²) in [6.45, 7) is 4.81. The number of piperidine rings is 1. The fourth-order valence-corrected chi connectivity index (χ4v) is 2.42. The molecule has 0 aromatic carbocycles. The number of aliphatic carboxylic acids is 1. The van der Waals surface area contributed by atoms with Crippen molar-refractivity contribution in [2.24, 2.45) is 11.3 Å². The molecule has 1 aliphatic carbocycles. The van der Waals surface area contributed by atoms with Crippen LogP contribution in [0.3, 0.4) is 0 Å². The van der Waals surface area contributed by atoms with Gasteiger partial charge in [0.25, 0.3) is 0 Å². The van der Waals surface area contributed by atoms with E-state index in [2.05, 4.69) is 13.8 Å². The molecule has 1 saturated carbocycles. The molecule has 1 atom stereocenters. The van der Waals surface area contributed by atoms with Crippen LogP contribution in [0.2, 0.25) is 0 Å². The summed E-state index contributed by atoms with van der Waals surface area (Å²) in [4.78, 5) is 24.6. The number of carbonyl (C=O) groups is 2. The molecule has 2 fully saturated rings. The maximum atomic E-state index is 12.1. The van der Waals surface area contributed by atoms with Crippen LogP contribution in [0.1, 0.15) is 33.1 Å². The molecule has 2 N–H and O–H groups in total. The first kappa shape index (κ1) is 12.4. The van der Waals surface area contributed by atoms with Gasteiger partial charge in [-0.05, 0) is 11.8 Å². The van der Waals surface area contributed by atoms with E-state index in [1.807, 2.05) is 0 Å². The van der Waals surface area contributed by atoms with E-state index < -0.39 is 11.6 Å². The van der Waals surface area contributed by atoms with Crippen molar-refractivity contribution < 1.29 is 19.8 Å². The Hall–Kier alpha value is -1.10. The number of rotatable bonds is 2. The van der Waals surface area contributed by atoms with Gasteiger partial charge < -0.3 is 15.1 Å². The predicted octanol–water partition coefficient (Wildman–Crippen LogP) is 0.471. The third kappa shape index (κ3) is 2.16. The number of likely N-dealkylation sites (tertiary alicyclic amines) is 1. The Morgan fingerprint density at radius 2 is 1.71 bits per heavy atom. The van der Waals surface area contributed by atoms with Crippen molar-refractivity contribution in [3.63, 3.8) is 0 Å². The number of nitrogens with zero attached hydrogens (tertiary/aromatic N) is 1. The Balaban J connectivity index is 1.92. The molecule has 1 unspecified atom stereocenters. The summed E-state index contributed by atoms with van der Waals surface area (Å²) in [5.74, 6) is -0.989. The quantitative estimate of drug-likeness (QED) is 0.736. The second-order valence-corrected chi connectivity index (χ2v) is 5.91. The van der Waals surface area contributed by atoms with Crippen LogP contribution in [0.15, 0.2) is 0 Å². The van der Waals surface area contributed by atoms with Crippen molar-refractivity contribution >= 4 is 11.9 Å². The highest BCUT2D eigenvalue weighted by Crippen LogP contribution is 2.52. The second kappa shape index (κ2) is 3.70. The lowest BCUT2D eigenvalue weighted by molar-refractivity contribution is -0.165. The van der Waals surface area contributed by atoms with Crippen LogP contribution in [0.25, 0.3) is 0 Å². The minimum absolute atomic E-state index is 0.0820.